The fourth-order valence-electron chi connectivity index (χ4n) is 2.72. The molecule has 0 aromatic heterocycles. The van der Waals surface area contributed by atoms with Gasteiger partial charge in [-0.2, -0.15) is 0 Å². The summed E-state index contributed by atoms with van der Waals surface area (Å²) in [5.41, 5.74) is 2.20. The van der Waals surface area contributed by atoms with Crippen molar-refractivity contribution in [3.63, 3.8) is 0 Å². The molecule has 0 saturated carbocycles. The zero-order valence-electron chi connectivity index (χ0n) is 16.2. The number of benzene rings is 3. The van der Waals surface area contributed by atoms with Gasteiger partial charge in [-0.15, -0.1) is 0 Å². The minimum Gasteiger partial charge on any atom is -0.506 e. The van der Waals surface area contributed by atoms with Crippen LogP contribution in [0.15, 0.2) is 78.6 Å². The summed E-state index contributed by atoms with van der Waals surface area (Å²) in [6, 6.07) is 13.2. The molecule has 2 N–H and O–H groups in total. The third kappa shape index (κ3) is 6.07. The van der Waals surface area contributed by atoms with E-state index < -0.39 is 0 Å². The van der Waals surface area contributed by atoms with Crippen molar-refractivity contribution in [1.29, 1.82) is 0 Å². The molecular weight excluding hydrogens is 672 g/mol. The Labute approximate surface area is 218 Å². The van der Waals surface area contributed by atoms with E-state index in [4.69, 9.17) is 0 Å². The summed E-state index contributed by atoms with van der Waals surface area (Å²) in [5, 5.41) is 19.6. The van der Waals surface area contributed by atoms with Gasteiger partial charge in [-0.1, -0.05) is 30.4 Å². The lowest BCUT2D eigenvalue weighted by molar-refractivity contribution is 0.104. The van der Waals surface area contributed by atoms with Crippen LogP contribution in [0.5, 0.6) is 11.5 Å². The van der Waals surface area contributed by atoms with Crippen LogP contribution in [-0.2, 0) is 0 Å². The molecule has 0 unspecified atom stereocenters. The maximum Gasteiger partial charge on any atom is 0.185 e. The zero-order chi connectivity index (χ0) is 23.4. The van der Waals surface area contributed by atoms with Crippen LogP contribution in [0.25, 0.3) is 12.2 Å². The van der Waals surface area contributed by atoms with Gasteiger partial charge in [0.25, 0.3) is 0 Å². The van der Waals surface area contributed by atoms with E-state index in [0.717, 1.165) is 11.1 Å². The highest BCUT2D eigenvalue weighted by Crippen LogP contribution is 2.34. The molecule has 0 aliphatic rings. The van der Waals surface area contributed by atoms with Crippen LogP contribution in [0.3, 0.4) is 0 Å². The fraction of sp³-hybridized carbons (Fsp3) is 0. The van der Waals surface area contributed by atoms with Gasteiger partial charge in [-0.25, -0.2) is 0 Å². The van der Waals surface area contributed by atoms with Crippen LogP contribution in [0, 0.1) is 0 Å². The molecular formula is C24H14Br4O4. The Kier molecular flexibility index (Phi) is 8.27. The molecule has 8 heteroatoms. The van der Waals surface area contributed by atoms with Gasteiger partial charge >= 0.3 is 0 Å². The minimum atomic E-state index is -0.254. The Balaban J connectivity index is 1.77. The second-order valence-electron chi connectivity index (χ2n) is 6.64. The van der Waals surface area contributed by atoms with Gasteiger partial charge in [0.05, 0.1) is 17.9 Å². The minimum absolute atomic E-state index is 0.0831. The second-order valence-corrected chi connectivity index (χ2v) is 10.1. The van der Waals surface area contributed by atoms with Crippen molar-refractivity contribution in [2.45, 2.75) is 0 Å². The molecule has 0 radical (unpaired) electrons. The number of hydrogen-bond donors (Lipinski definition) is 2. The lowest BCUT2D eigenvalue weighted by Gasteiger charge is -2.03. The van der Waals surface area contributed by atoms with E-state index >= 15 is 0 Å². The molecule has 3 rings (SSSR count). The van der Waals surface area contributed by atoms with Crippen LogP contribution in [0.2, 0.25) is 0 Å². The highest BCUT2D eigenvalue weighted by molar-refractivity contribution is 9.11. The number of aromatic hydroxyl groups is 2. The Morgan fingerprint density at radius 2 is 0.969 bits per heavy atom. The highest BCUT2D eigenvalue weighted by atomic mass is 79.9. The van der Waals surface area contributed by atoms with Crippen LogP contribution in [0.4, 0.5) is 0 Å². The number of ketones is 2. The number of phenols is 2. The molecule has 0 aliphatic carbocycles. The molecule has 0 amide bonds. The summed E-state index contributed by atoms with van der Waals surface area (Å²) >= 11 is 13.0. The molecule has 0 aliphatic heterocycles. The van der Waals surface area contributed by atoms with Crippen molar-refractivity contribution in [3.05, 3.63) is 101 Å². The first-order valence-corrected chi connectivity index (χ1v) is 12.2. The smallest absolute Gasteiger partial charge is 0.185 e. The van der Waals surface area contributed by atoms with Gasteiger partial charge in [-0.3, -0.25) is 9.59 Å². The summed E-state index contributed by atoms with van der Waals surface area (Å²) in [4.78, 5) is 25.2. The molecule has 0 bridgehead atoms. The average Bonchev–Trinajstić information content (AvgIpc) is 2.77. The first-order chi connectivity index (χ1) is 15.2. The average molecular weight is 686 g/mol. The Hall–Kier alpha value is -2.00. The third-order valence-corrected chi connectivity index (χ3v) is 6.78. The zero-order valence-corrected chi connectivity index (χ0v) is 22.5. The van der Waals surface area contributed by atoms with Crippen LogP contribution >= 0.6 is 63.7 Å². The summed E-state index contributed by atoms with van der Waals surface area (Å²) in [6.07, 6.45) is 6.09. The van der Waals surface area contributed by atoms with Crippen molar-refractivity contribution in [2.75, 3.05) is 0 Å². The quantitative estimate of drug-likeness (QED) is 0.204. The van der Waals surface area contributed by atoms with E-state index in [1.54, 1.807) is 60.7 Å². The van der Waals surface area contributed by atoms with Crippen LogP contribution in [-0.4, -0.2) is 21.8 Å². The topological polar surface area (TPSA) is 74.6 Å². The lowest BCUT2D eigenvalue weighted by Crippen LogP contribution is -1.99. The highest BCUT2D eigenvalue weighted by Gasteiger charge is 2.09. The molecule has 0 fully saturated rings. The van der Waals surface area contributed by atoms with E-state index in [1.165, 1.54) is 12.2 Å². The van der Waals surface area contributed by atoms with Crippen molar-refractivity contribution in [3.8, 4) is 11.5 Å². The fourth-order valence-corrected chi connectivity index (χ4v) is 5.17. The molecule has 162 valence electrons. The first-order valence-electron chi connectivity index (χ1n) is 9.06. The number of allylic oxidation sites excluding steroid dienone is 2. The van der Waals surface area contributed by atoms with Gasteiger partial charge in [-0.05, 0) is 117 Å². The maximum absolute atomic E-state index is 12.6. The van der Waals surface area contributed by atoms with Gasteiger partial charge in [0.15, 0.2) is 11.6 Å². The number of phenolic OH excluding ortho intramolecular Hbond substituents is 2. The number of rotatable bonds is 6. The van der Waals surface area contributed by atoms with E-state index in [1.807, 2.05) is 0 Å². The van der Waals surface area contributed by atoms with Crippen molar-refractivity contribution in [2.24, 2.45) is 0 Å². The second kappa shape index (κ2) is 10.7. The lowest BCUT2D eigenvalue weighted by atomic mass is 10.0. The van der Waals surface area contributed by atoms with Crippen molar-refractivity contribution in [1.82, 2.24) is 0 Å². The number of halogens is 4. The van der Waals surface area contributed by atoms with Crippen molar-refractivity contribution < 1.29 is 19.8 Å². The number of carbonyl (C=O) groups excluding carboxylic acids is 2. The normalized spacial score (nSPS) is 11.4. The summed E-state index contributed by atoms with van der Waals surface area (Å²) in [5.74, 6) is -0.342. The summed E-state index contributed by atoms with van der Waals surface area (Å²) in [6.45, 7) is 0. The van der Waals surface area contributed by atoms with Crippen molar-refractivity contribution >= 4 is 87.4 Å². The molecule has 0 atom stereocenters. The molecule has 0 saturated heterocycles. The van der Waals surface area contributed by atoms with Gasteiger partial charge in [0, 0.05) is 11.1 Å². The molecule has 0 spiro atoms. The van der Waals surface area contributed by atoms with Gasteiger partial charge in [0.1, 0.15) is 11.5 Å². The van der Waals surface area contributed by atoms with E-state index in [2.05, 4.69) is 63.7 Å². The Morgan fingerprint density at radius 1 is 0.625 bits per heavy atom. The van der Waals surface area contributed by atoms with E-state index in [0.29, 0.717) is 29.0 Å². The predicted molar refractivity (Wildman–Crippen MR) is 140 cm³/mol. The summed E-state index contributed by atoms with van der Waals surface area (Å²) < 4.78 is 2.02. The predicted octanol–water partition coefficient (Wildman–Crippen LogP) is 7.94. The van der Waals surface area contributed by atoms with E-state index in [9.17, 15) is 19.8 Å². The maximum atomic E-state index is 12.6. The van der Waals surface area contributed by atoms with Crippen LogP contribution in [0.1, 0.15) is 31.8 Å². The van der Waals surface area contributed by atoms with Crippen LogP contribution < -0.4 is 0 Å². The molecule has 4 nitrogen and oxygen atoms in total. The molecule has 3 aromatic carbocycles. The largest absolute Gasteiger partial charge is 0.506 e. The molecule has 32 heavy (non-hydrogen) atoms. The standard InChI is InChI=1S/C24H14Br4O4/c25-17-8-13(9-18(26)23(17)31)4-6-21(29)15-2-1-3-16(12-15)22(30)7-5-14-10-19(27)24(32)20(28)11-14/h1-12,31-32H/b6-4+,7-5+. The van der Waals surface area contributed by atoms with E-state index in [-0.39, 0.29) is 23.1 Å². The Morgan fingerprint density at radius 3 is 1.31 bits per heavy atom. The summed E-state index contributed by atoms with van der Waals surface area (Å²) in [7, 11) is 0. The third-order valence-electron chi connectivity index (χ3n) is 4.36. The van der Waals surface area contributed by atoms with Gasteiger partial charge < -0.3 is 10.2 Å². The number of carbonyl (C=O) groups is 2. The first kappa shape index (κ1) is 24.6. The Bertz CT molecular complexity index is 1140. The monoisotopic (exact) mass is 682 g/mol. The molecule has 3 aromatic rings. The number of hydrogen-bond acceptors (Lipinski definition) is 4. The van der Waals surface area contributed by atoms with Gasteiger partial charge in [0.2, 0.25) is 0 Å². The molecule has 0 heterocycles. The SMILES string of the molecule is O=C(/C=C/c1cc(Br)c(O)c(Br)c1)c1cccc(C(=O)/C=C/c2cc(Br)c(O)c(Br)c2)c1.